The Labute approximate surface area is 75.1 Å². The quantitative estimate of drug-likeness (QED) is 0.481. The summed E-state index contributed by atoms with van der Waals surface area (Å²) in [7, 11) is -0.750. The molecule has 2 aliphatic rings. The molecule has 4 nitrogen and oxygen atoms in total. The van der Waals surface area contributed by atoms with Crippen molar-refractivity contribution in [3.8, 4) is 11.1 Å². The van der Waals surface area contributed by atoms with Gasteiger partial charge in [0.05, 0.1) is 0 Å². The van der Waals surface area contributed by atoms with Gasteiger partial charge in [-0.05, 0) is 11.1 Å². The smallest absolute Gasteiger partial charge is 0.430 e. The first-order valence-electron chi connectivity index (χ1n) is 3.59. The van der Waals surface area contributed by atoms with Crippen molar-refractivity contribution in [2.75, 3.05) is 0 Å². The van der Waals surface area contributed by atoms with E-state index in [0.29, 0.717) is 11.1 Å². The van der Waals surface area contributed by atoms with Crippen molar-refractivity contribution < 1.29 is 19.6 Å². The summed E-state index contributed by atoms with van der Waals surface area (Å²) in [6.45, 7) is 0. The normalized spacial score (nSPS) is 9.38. The molecule has 0 aromatic heterocycles. The van der Waals surface area contributed by atoms with Gasteiger partial charge < -0.3 is 10.0 Å². The molecule has 0 unspecified atom stereocenters. The van der Waals surface area contributed by atoms with E-state index < -0.39 is 7.69 Å². The minimum absolute atomic E-state index is 0.563. The van der Waals surface area contributed by atoms with E-state index >= 15 is 0 Å². The lowest BCUT2D eigenvalue weighted by molar-refractivity contribution is 0.109. The lowest BCUT2D eigenvalue weighted by Gasteiger charge is -2.21. The van der Waals surface area contributed by atoms with Crippen molar-refractivity contribution in [3.63, 3.8) is 0 Å². The molecule has 0 aromatic rings. The number of rotatable bonds is 2. The van der Waals surface area contributed by atoms with Gasteiger partial charge in [0.2, 0.25) is 0 Å². The van der Waals surface area contributed by atoms with Crippen LogP contribution in [0.25, 0.3) is 11.1 Å². The molecule has 0 heterocycles. The zero-order chi connectivity index (χ0) is 9.84. The summed E-state index contributed by atoms with van der Waals surface area (Å²) < 4.78 is 0. The molecule has 0 spiro atoms. The van der Waals surface area contributed by atoms with E-state index in [1.807, 2.05) is 12.1 Å². The fourth-order valence-electron chi connectivity index (χ4n) is 1.20. The predicted octanol–water partition coefficient (Wildman–Crippen LogP) is -0.470. The maximum atomic E-state index is 10.3. The lowest BCUT2D eigenvalue weighted by atomic mass is 9.81. The fraction of sp³-hybridized carbons (Fsp3) is 0. The Kier molecular flexibility index (Phi) is 2.95. The van der Waals surface area contributed by atoms with E-state index in [-0.39, 0.29) is 0 Å². The molecule has 66 valence electrons. The highest BCUT2D eigenvalue weighted by atomic mass is 16.4. The number of hydrogen-bond donors (Lipinski definition) is 2. The molecule has 0 bridgehead atoms. The first-order chi connectivity index (χ1) is 6.29. The largest absolute Gasteiger partial charge is 0.432 e. The zero-order valence-corrected chi connectivity index (χ0v) is 6.73. The molecule has 13 heavy (non-hydrogen) atoms. The van der Waals surface area contributed by atoms with Gasteiger partial charge in [0.15, 0.2) is 12.6 Å². The Morgan fingerprint density at radius 1 is 1.00 bits per heavy atom. The summed E-state index contributed by atoms with van der Waals surface area (Å²) in [6, 6.07) is 3.68. The van der Waals surface area contributed by atoms with Gasteiger partial charge in [-0.15, -0.1) is 0 Å². The van der Waals surface area contributed by atoms with Crippen LogP contribution in [0.15, 0.2) is 12.1 Å². The monoisotopic (exact) mass is 178 g/mol. The van der Waals surface area contributed by atoms with Crippen LogP contribution in [0.3, 0.4) is 0 Å². The lowest BCUT2D eigenvalue weighted by Crippen LogP contribution is -2.08. The summed E-state index contributed by atoms with van der Waals surface area (Å²) in [5, 5.41) is 14.2. The van der Waals surface area contributed by atoms with Gasteiger partial charge in [0.25, 0.3) is 0 Å². The molecule has 2 N–H and O–H groups in total. The van der Waals surface area contributed by atoms with E-state index in [1.165, 1.54) is 0 Å². The highest BCUT2D eigenvalue weighted by molar-refractivity contribution is 6.13. The topological polar surface area (TPSA) is 74.6 Å². The molecule has 0 aliphatic heterocycles. The number of hydrogen-bond acceptors (Lipinski definition) is 4. The van der Waals surface area contributed by atoms with Crippen molar-refractivity contribution in [1.82, 2.24) is 0 Å². The highest BCUT2D eigenvalue weighted by Gasteiger charge is 2.24. The molecular weight excluding hydrogens is 171 g/mol. The Morgan fingerprint density at radius 2 is 1.31 bits per heavy atom. The van der Waals surface area contributed by atoms with Crippen LogP contribution in [0, 0.1) is 0 Å². The maximum absolute atomic E-state index is 10.3. The Bertz CT molecular complexity index is 315. The Hall–Kier alpha value is -1.46. The summed E-state index contributed by atoms with van der Waals surface area (Å²) >= 11 is 0. The van der Waals surface area contributed by atoms with E-state index in [2.05, 4.69) is 0 Å². The average Bonchev–Trinajstić information content (AvgIpc) is 2.09. The van der Waals surface area contributed by atoms with Gasteiger partial charge in [0.1, 0.15) is 0 Å². The zero-order valence-electron chi connectivity index (χ0n) is 6.73. The molecule has 0 saturated carbocycles. The van der Waals surface area contributed by atoms with Gasteiger partial charge in [-0.25, -0.2) is 0 Å². The standard InChI is InChI=1S/C8H4O2.BH3O2/c9-3-7-5-1-2-6(5)8(7)4-10;2-1-3/h1-4H;1-3H. The van der Waals surface area contributed by atoms with Crippen molar-refractivity contribution >= 4 is 20.3 Å². The van der Waals surface area contributed by atoms with Gasteiger partial charge >= 0.3 is 7.69 Å². The first kappa shape index (κ1) is 9.63. The summed E-state index contributed by atoms with van der Waals surface area (Å²) in [5.74, 6) is 0. The van der Waals surface area contributed by atoms with E-state index in [9.17, 15) is 9.59 Å². The Morgan fingerprint density at radius 3 is 1.46 bits per heavy atom. The second-order valence-corrected chi connectivity index (χ2v) is 2.37. The van der Waals surface area contributed by atoms with Crippen LogP contribution >= 0.6 is 0 Å². The van der Waals surface area contributed by atoms with Crippen LogP contribution in [0.5, 0.6) is 0 Å². The third-order valence-electron chi connectivity index (χ3n) is 1.81. The van der Waals surface area contributed by atoms with Crippen LogP contribution in [0.1, 0.15) is 20.7 Å². The van der Waals surface area contributed by atoms with Crippen LogP contribution < -0.4 is 0 Å². The fourth-order valence-corrected chi connectivity index (χ4v) is 1.20. The van der Waals surface area contributed by atoms with Crippen molar-refractivity contribution in [3.05, 3.63) is 23.3 Å². The second-order valence-electron chi connectivity index (χ2n) is 2.37. The summed E-state index contributed by atoms with van der Waals surface area (Å²) in [6.07, 6.45) is 1.46. The second kappa shape index (κ2) is 3.98. The summed E-state index contributed by atoms with van der Waals surface area (Å²) in [4.78, 5) is 20.5. The van der Waals surface area contributed by atoms with Gasteiger partial charge in [-0.1, -0.05) is 12.1 Å². The predicted molar refractivity (Wildman–Crippen MR) is 47.8 cm³/mol. The van der Waals surface area contributed by atoms with Gasteiger partial charge in [-0.3, -0.25) is 9.59 Å². The van der Waals surface area contributed by atoms with Crippen LogP contribution in [-0.2, 0) is 0 Å². The first-order valence-corrected chi connectivity index (χ1v) is 3.59. The van der Waals surface area contributed by atoms with E-state index in [1.54, 1.807) is 0 Å². The molecule has 0 aromatic carbocycles. The minimum atomic E-state index is -0.750. The number of aldehydes is 2. The molecule has 0 atom stereocenters. The molecule has 2 rings (SSSR count). The molecule has 0 fully saturated rings. The van der Waals surface area contributed by atoms with Crippen molar-refractivity contribution in [1.29, 1.82) is 0 Å². The molecule has 0 saturated heterocycles. The highest BCUT2D eigenvalue weighted by Crippen LogP contribution is 2.39. The average molecular weight is 178 g/mol. The number of carbonyl (C=O) groups excluding carboxylic acids is 2. The third-order valence-corrected chi connectivity index (χ3v) is 1.81. The number of fused-ring (bicyclic) bond motifs is 1. The van der Waals surface area contributed by atoms with Gasteiger partial charge in [0, 0.05) is 11.1 Å². The third kappa shape index (κ3) is 1.39. The summed E-state index contributed by atoms with van der Waals surface area (Å²) in [5.41, 5.74) is 3.01. The maximum Gasteiger partial charge on any atom is 0.432 e. The van der Waals surface area contributed by atoms with Crippen molar-refractivity contribution in [2.45, 2.75) is 0 Å². The van der Waals surface area contributed by atoms with Gasteiger partial charge in [-0.2, -0.15) is 0 Å². The molecule has 0 radical (unpaired) electrons. The molecule has 0 amide bonds. The van der Waals surface area contributed by atoms with Crippen LogP contribution in [0.2, 0.25) is 0 Å². The minimum Gasteiger partial charge on any atom is -0.430 e. The van der Waals surface area contributed by atoms with E-state index in [0.717, 1.165) is 23.7 Å². The Balaban J connectivity index is 0.000000251. The van der Waals surface area contributed by atoms with Crippen LogP contribution in [-0.4, -0.2) is 30.3 Å². The van der Waals surface area contributed by atoms with Crippen molar-refractivity contribution in [2.24, 2.45) is 0 Å². The van der Waals surface area contributed by atoms with E-state index in [4.69, 9.17) is 10.0 Å². The molecule has 5 heteroatoms. The number of carbonyl (C=O) groups is 2. The number of benzene rings is 1. The molecular formula is C8H7BO4. The van der Waals surface area contributed by atoms with Crippen LogP contribution in [0.4, 0.5) is 0 Å². The SMILES string of the molecule is O=Cc1c2ccc-2c1C=O.OBO. The molecule has 2 aliphatic carbocycles.